The van der Waals surface area contributed by atoms with Crippen LogP contribution in [0.4, 0.5) is 5.69 Å². The lowest BCUT2D eigenvalue weighted by Crippen LogP contribution is -2.40. The lowest BCUT2D eigenvalue weighted by molar-refractivity contribution is -0.118. The molecule has 0 aromatic heterocycles. The largest absolute Gasteiger partial charge is 0.324 e. The van der Waals surface area contributed by atoms with Crippen LogP contribution in [0.5, 0.6) is 0 Å². The van der Waals surface area contributed by atoms with Gasteiger partial charge in [-0.05, 0) is 43.4 Å². The standard InChI is InChI=1S/C15H20N2O/c18-15-14(16-10-9-11-5-6-11)8-7-12-3-1-2-4-13(12)17-15/h1-4,11,14,16H,5-10H2,(H,17,18). The number of hydrogen-bond acceptors (Lipinski definition) is 2. The molecule has 0 spiro atoms. The van der Waals surface area contributed by atoms with Gasteiger partial charge >= 0.3 is 0 Å². The van der Waals surface area contributed by atoms with Crippen LogP contribution >= 0.6 is 0 Å². The molecule has 0 bridgehead atoms. The van der Waals surface area contributed by atoms with Gasteiger partial charge in [0.25, 0.3) is 0 Å². The van der Waals surface area contributed by atoms with Crippen LogP contribution in [0.2, 0.25) is 0 Å². The van der Waals surface area contributed by atoms with E-state index in [0.29, 0.717) is 0 Å². The highest BCUT2D eigenvalue weighted by Gasteiger charge is 2.24. The van der Waals surface area contributed by atoms with E-state index in [1.807, 2.05) is 18.2 Å². The topological polar surface area (TPSA) is 41.1 Å². The smallest absolute Gasteiger partial charge is 0.241 e. The van der Waals surface area contributed by atoms with Gasteiger partial charge in [0.05, 0.1) is 6.04 Å². The van der Waals surface area contributed by atoms with Gasteiger partial charge in [-0.2, -0.15) is 0 Å². The highest BCUT2D eigenvalue weighted by atomic mass is 16.2. The molecule has 2 aliphatic rings. The second-order valence-corrected chi connectivity index (χ2v) is 5.42. The second kappa shape index (κ2) is 5.11. The number of hydrogen-bond donors (Lipinski definition) is 2. The van der Waals surface area contributed by atoms with E-state index in [-0.39, 0.29) is 11.9 Å². The van der Waals surface area contributed by atoms with E-state index in [1.165, 1.54) is 24.8 Å². The van der Waals surface area contributed by atoms with Crippen LogP contribution in [-0.4, -0.2) is 18.5 Å². The molecule has 0 saturated heterocycles. The summed E-state index contributed by atoms with van der Waals surface area (Å²) in [5, 5.41) is 6.43. The highest BCUT2D eigenvalue weighted by Crippen LogP contribution is 2.31. The van der Waals surface area contributed by atoms with Crippen molar-refractivity contribution in [3.63, 3.8) is 0 Å². The van der Waals surface area contributed by atoms with E-state index in [1.54, 1.807) is 0 Å². The average molecular weight is 244 g/mol. The number of carbonyl (C=O) groups is 1. The summed E-state index contributed by atoms with van der Waals surface area (Å²) >= 11 is 0. The fraction of sp³-hybridized carbons (Fsp3) is 0.533. The number of aryl methyl sites for hydroxylation is 1. The summed E-state index contributed by atoms with van der Waals surface area (Å²) in [5.74, 6) is 1.04. The van der Waals surface area contributed by atoms with Crippen LogP contribution in [0.25, 0.3) is 0 Å². The number of amides is 1. The third-order valence-corrected chi connectivity index (χ3v) is 3.93. The van der Waals surface area contributed by atoms with Crippen molar-refractivity contribution in [1.82, 2.24) is 5.32 Å². The third-order valence-electron chi connectivity index (χ3n) is 3.93. The number of fused-ring (bicyclic) bond motifs is 1. The van der Waals surface area contributed by atoms with Crippen LogP contribution < -0.4 is 10.6 Å². The molecular weight excluding hydrogens is 224 g/mol. The Balaban J connectivity index is 1.59. The van der Waals surface area contributed by atoms with E-state index in [9.17, 15) is 4.79 Å². The molecule has 18 heavy (non-hydrogen) atoms. The quantitative estimate of drug-likeness (QED) is 0.853. The van der Waals surface area contributed by atoms with Crippen molar-refractivity contribution in [2.45, 2.75) is 38.1 Å². The van der Waals surface area contributed by atoms with Crippen molar-refractivity contribution in [2.75, 3.05) is 11.9 Å². The Bertz CT molecular complexity index is 440. The van der Waals surface area contributed by atoms with E-state index in [2.05, 4.69) is 16.7 Å². The predicted octanol–water partition coefficient (Wildman–Crippen LogP) is 2.33. The van der Waals surface area contributed by atoms with Gasteiger partial charge in [0.1, 0.15) is 0 Å². The van der Waals surface area contributed by atoms with E-state index in [4.69, 9.17) is 0 Å². The molecule has 1 fully saturated rings. The second-order valence-electron chi connectivity index (χ2n) is 5.42. The summed E-state index contributed by atoms with van der Waals surface area (Å²) in [5.41, 5.74) is 2.23. The van der Waals surface area contributed by atoms with Crippen molar-refractivity contribution in [1.29, 1.82) is 0 Å². The molecule has 0 radical (unpaired) electrons. The first kappa shape index (κ1) is 11.7. The van der Waals surface area contributed by atoms with Crippen LogP contribution in [0.15, 0.2) is 24.3 Å². The first-order chi connectivity index (χ1) is 8.83. The Morgan fingerprint density at radius 3 is 2.89 bits per heavy atom. The van der Waals surface area contributed by atoms with Crippen molar-refractivity contribution >= 4 is 11.6 Å². The molecule has 96 valence electrons. The fourth-order valence-electron chi connectivity index (χ4n) is 2.57. The first-order valence-electron chi connectivity index (χ1n) is 6.95. The minimum absolute atomic E-state index is 0.0313. The van der Waals surface area contributed by atoms with Gasteiger partial charge in [-0.3, -0.25) is 4.79 Å². The molecule has 1 saturated carbocycles. The van der Waals surface area contributed by atoms with E-state index in [0.717, 1.165) is 31.0 Å². The number of anilines is 1. The molecule has 2 N–H and O–H groups in total. The maximum atomic E-state index is 12.1. The molecule has 1 unspecified atom stereocenters. The highest BCUT2D eigenvalue weighted by molar-refractivity contribution is 5.96. The van der Waals surface area contributed by atoms with Crippen LogP contribution in [0.1, 0.15) is 31.2 Å². The zero-order valence-electron chi connectivity index (χ0n) is 10.6. The predicted molar refractivity (Wildman–Crippen MR) is 72.5 cm³/mol. The van der Waals surface area contributed by atoms with Crippen LogP contribution in [0.3, 0.4) is 0 Å². The number of benzene rings is 1. The van der Waals surface area contributed by atoms with Gasteiger partial charge in [0.2, 0.25) is 5.91 Å². The maximum absolute atomic E-state index is 12.1. The molecule has 1 atom stereocenters. The Hall–Kier alpha value is -1.35. The minimum atomic E-state index is -0.0313. The third kappa shape index (κ3) is 2.72. The normalized spacial score (nSPS) is 23.1. The number of rotatable bonds is 4. The summed E-state index contributed by atoms with van der Waals surface area (Å²) in [6, 6.07) is 8.06. The summed E-state index contributed by atoms with van der Waals surface area (Å²) in [6.07, 6.45) is 5.84. The number of para-hydroxylation sites is 1. The van der Waals surface area contributed by atoms with Crippen molar-refractivity contribution in [3.8, 4) is 0 Å². The summed E-state index contributed by atoms with van der Waals surface area (Å²) < 4.78 is 0. The summed E-state index contributed by atoms with van der Waals surface area (Å²) in [7, 11) is 0. The minimum Gasteiger partial charge on any atom is -0.324 e. The molecule has 3 heteroatoms. The number of nitrogens with one attached hydrogen (secondary N) is 2. The summed E-state index contributed by atoms with van der Waals surface area (Å²) in [6.45, 7) is 0.971. The van der Waals surface area contributed by atoms with Gasteiger partial charge in [-0.15, -0.1) is 0 Å². The molecule has 1 aromatic carbocycles. The summed E-state index contributed by atoms with van der Waals surface area (Å²) in [4.78, 5) is 12.1. The molecule has 1 aliphatic carbocycles. The number of carbonyl (C=O) groups excluding carboxylic acids is 1. The fourth-order valence-corrected chi connectivity index (χ4v) is 2.57. The van der Waals surface area contributed by atoms with Crippen molar-refractivity contribution in [3.05, 3.63) is 29.8 Å². The average Bonchev–Trinajstić information content (AvgIpc) is 3.19. The molecule has 1 aromatic rings. The Kier molecular flexibility index (Phi) is 3.33. The van der Waals surface area contributed by atoms with Crippen molar-refractivity contribution < 1.29 is 4.79 Å². The van der Waals surface area contributed by atoms with Crippen LogP contribution in [-0.2, 0) is 11.2 Å². The lowest BCUT2D eigenvalue weighted by atomic mass is 10.1. The molecule has 1 heterocycles. The van der Waals surface area contributed by atoms with Gasteiger partial charge in [-0.1, -0.05) is 31.0 Å². The molecule has 1 aliphatic heterocycles. The Morgan fingerprint density at radius 1 is 1.22 bits per heavy atom. The molecule has 3 nitrogen and oxygen atoms in total. The van der Waals surface area contributed by atoms with Gasteiger partial charge in [0, 0.05) is 5.69 Å². The Morgan fingerprint density at radius 2 is 2.06 bits per heavy atom. The SMILES string of the molecule is O=C1Nc2ccccc2CCC1NCCC1CC1. The maximum Gasteiger partial charge on any atom is 0.241 e. The van der Waals surface area contributed by atoms with E-state index < -0.39 is 0 Å². The van der Waals surface area contributed by atoms with Gasteiger partial charge < -0.3 is 10.6 Å². The van der Waals surface area contributed by atoms with Crippen LogP contribution in [0, 0.1) is 5.92 Å². The zero-order chi connectivity index (χ0) is 12.4. The monoisotopic (exact) mass is 244 g/mol. The van der Waals surface area contributed by atoms with Crippen molar-refractivity contribution in [2.24, 2.45) is 5.92 Å². The van der Waals surface area contributed by atoms with E-state index >= 15 is 0 Å². The zero-order valence-corrected chi connectivity index (χ0v) is 10.6. The molecule has 3 rings (SSSR count). The molecular formula is C15H20N2O. The van der Waals surface area contributed by atoms with Gasteiger partial charge in [-0.25, -0.2) is 0 Å². The molecule has 1 amide bonds. The van der Waals surface area contributed by atoms with Gasteiger partial charge in [0.15, 0.2) is 0 Å². The lowest BCUT2D eigenvalue weighted by Gasteiger charge is -2.14. The first-order valence-corrected chi connectivity index (χ1v) is 6.95. The Labute approximate surface area is 108 Å².